The largest absolute Gasteiger partial charge is 0.489 e. The maximum Gasteiger partial charge on any atom is 0.126 e. The molecule has 2 aromatic rings. The van der Waals surface area contributed by atoms with E-state index in [4.69, 9.17) is 10.5 Å². The topological polar surface area (TPSA) is 35.2 Å². The third-order valence-electron chi connectivity index (χ3n) is 2.88. The molecule has 2 nitrogen and oxygen atoms in total. The normalized spacial score (nSPS) is 12.2. The molecule has 0 amide bonds. The Hall–Kier alpha value is -2.01. The zero-order chi connectivity index (χ0) is 15.4. The van der Waals surface area contributed by atoms with Crippen LogP contribution in [0.2, 0.25) is 0 Å². The highest BCUT2D eigenvalue weighted by Gasteiger charge is 2.09. The van der Waals surface area contributed by atoms with Crippen LogP contribution in [0.1, 0.15) is 18.1 Å². The molecule has 2 aromatic carbocycles. The number of benzene rings is 2. The van der Waals surface area contributed by atoms with Gasteiger partial charge in [-0.3, -0.25) is 0 Å². The van der Waals surface area contributed by atoms with Crippen LogP contribution in [-0.2, 0) is 13.0 Å². The maximum atomic E-state index is 13.3. The first-order chi connectivity index (χ1) is 9.94. The van der Waals surface area contributed by atoms with Crippen LogP contribution in [0.4, 0.5) is 13.2 Å². The third kappa shape index (κ3) is 4.49. The van der Waals surface area contributed by atoms with Crippen LogP contribution >= 0.6 is 0 Å². The van der Waals surface area contributed by atoms with Gasteiger partial charge in [0.15, 0.2) is 0 Å². The van der Waals surface area contributed by atoms with Crippen molar-refractivity contribution in [2.75, 3.05) is 0 Å². The molecule has 0 saturated carbocycles. The Bertz CT molecular complexity index is 609. The summed E-state index contributed by atoms with van der Waals surface area (Å²) in [7, 11) is 0. The first-order valence-corrected chi connectivity index (χ1v) is 6.56. The second kappa shape index (κ2) is 6.63. The summed E-state index contributed by atoms with van der Waals surface area (Å²) in [6.07, 6.45) is 0.449. The van der Waals surface area contributed by atoms with Crippen LogP contribution < -0.4 is 10.5 Å². The van der Waals surface area contributed by atoms with Gasteiger partial charge >= 0.3 is 0 Å². The molecule has 5 heteroatoms. The molecule has 0 heterocycles. The molecule has 0 aliphatic heterocycles. The van der Waals surface area contributed by atoms with Gasteiger partial charge in [-0.1, -0.05) is 0 Å². The molecule has 0 aromatic heterocycles. The van der Waals surface area contributed by atoms with Crippen LogP contribution in [0.5, 0.6) is 5.75 Å². The summed E-state index contributed by atoms with van der Waals surface area (Å²) in [6, 6.07) is 7.14. The van der Waals surface area contributed by atoms with Crippen molar-refractivity contribution < 1.29 is 17.9 Å². The molecule has 2 N–H and O–H groups in total. The van der Waals surface area contributed by atoms with Crippen molar-refractivity contribution in [3.8, 4) is 5.75 Å². The Labute approximate surface area is 121 Å². The van der Waals surface area contributed by atoms with E-state index in [9.17, 15) is 13.2 Å². The Morgan fingerprint density at radius 1 is 1.00 bits per heavy atom. The number of hydrogen-bond acceptors (Lipinski definition) is 2. The van der Waals surface area contributed by atoms with Gasteiger partial charge < -0.3 is 10.5 Å². The molecule has 0 aliphatic carbocycles. The van der Waals surface area contributed by atoms with Crippen LogP contribution in [0.15, 0.2) is 36.4 Å². The average Bonchev–Trinajstić information content (AvgIpc) is 2.36. The molecular formula is C16H16F3NO. The van der Waals surface area contributed by atoms with Crippen molar-refractivity contribution >= 4 is 0 Å². The second-order valence-electron chi connectivity index (χ2n) is 5.00. The van der Waals surface area contributed by atoms with Gasteiger partial charge in [0.25, 0.3) is 0 Å². The van der Waals surface area contributed by atoms with Gasteiger partial charge in [-0.2, -0.15) is 0 Å². The maximum absolute atomic E-state index is 13.3. The number of hydrogen-bond donors (Lipinski definition) is 1. The molecule has 0 spiro atoms. The fraction of sp³-hybridized carbons (Fsp3) is 0.250. The van der Waals surface area contributed by atoms with Gasteiger partial charge in [-0.05, 0) is 54.8 Å². The highest BCUT2D eigenvalue weighted by Crippen LogP contribution is 2.22. The molecule has 0 radical (unpaired) electrons. The zero-order valence-electron chi connectivity index (χ0n) is 11.6. The van der Waals surface area contributed by atoms with E-state index in [2.05, 4.69) is 0 Å². The van der Waals surface area contributed by atoms with E-state index in [0.29, 0.717) is 23.3 Å². The van der Waals surface area contributed by atoms with Crippen molar-refractivity contribution in [3.63, 3.8) is 0 Å². The molecule has 0 aliphatic rings. The van der Waals surface area contributed by atoms with Crippen molar-refractivity contribution in [1.29, 1.82) is 0 Å². The quantitative estimate of drug-likeness (QED) is 0.915. The number of rotatable bonds is 5. The summed E-state index contributed by atoms with van der Waals surface area (Å²) in [5.74, 6) is -1.25. The van der Waals surface area contributed by atoms with Crippen LogP contribution in [-0.4, -0.2) is 6.04 Å². The molecular weight excluding hydrogens is 279 g/mol. The van der Waals surface area contributed by atoms with E-state index in [1.54, 1.807) is 6.92 Å². The fourth-order valence-corrected chi connectivity index (χ4v) is 2.05. The number of halogens is 3. The van der Waals surface area contributed by atoms with Gasteiger partial charge in [0.05, 0.1) is 0 Å². The van der Waals surface area contributed by atoms with E-state index >= 15 is 0 Å². The van der Waals surface area contributed by atoms with Gasteiger partial charge in [0.2, 0.25) is 0 Å². The molecule has 0 bridgehead atoms. The van der Waals surface area contributed by atoms with Crippen molar-refractivity contribution in [1.82, 2.24) is 0 Å². The fourth-order valence-electron chi connectivity index (χ4n) is 2.05. The van der Waals surface area contributed by atoms with Crippen LogP contribution in [0, 0.1) is 17.5 Å². The summed E-state index contributed by atoms with van der Waals surface area (Å²) in [4.78, 5) is 0. The number of nitrogens with two attached hydrogens (primary N) is 1. The Morgan fingerprint density at radius 3 is 2.29 bits per heavy atom. The first-order valence-electron chi connectivity index (χ1n) is 6.56. The smallest absolute Gasteiger partial charge is 0.126 e. The zero-order valence-corrected chi connectivity index (χ0v) is 11.6. The van der Waals surface area contributed by atoms with Crippen LogP contribution in [0.3, 0.4) is 0 Å². The molecule has 21 heavy (non-hydrogen) atoms. The molecule has 2 rings (SSSR count). The lowest BCUT2D eigenvalue weighted by Gasteiger charge is -2.13. The number of ether oxygens (including phenoxy) is 1. The summed E-state index contributed by atoms with van der Waals surface area (Å²) in [6.45, 7) is 1.79. The predicted octanol–water partition coefficient (Wildman–Crippen LogP) is 3.57. The average molecular weight is 295 g/mol. The van der Waals surface area contributed by atoms with Gasteiger partial charge in [-0.25, -0.2) is 13.2 Å². The summed E-state index contributed by atoms with van der Waals surface area (Å²) >= 11 is 0. The second-order valence-corrected chi connectivity index (χ2v) is 5.00. The molecule has 0 fully saturated rings. The first kappa shape index (κ1) is 15.4. The summed E-state index contributed by atoms with van der Waals surface area (Å²) < 4.78 is 45.0. The summed E-state index contributed by atoms with van der Waals surface area (Å²) in [5.41, 5.74) is 6.70. The van der Waals surface area contributed by atoms with E-state index in [-0.39, 0.29) is 18.5 Å². The van der Waals surface area contributed by atoms with E-state index < -0.39 is 11.6 Å². The molecule has 1 unspecified atom stereocenters. The van der Waals surface area contributed by atoms with Crippen molar-refractivity contribution in [3.05, 3.63) is 65.0 Å². The minimum atomic E-state index is -0.663. The molecule has 1 atom stereocenters. The van der Waals surface area contributed by atoms with E-state index in [1.165, 1.54) is 30.3 Å². The lowest BCUT2D eigenvalue weighted by molar-refractivity contribution is 0.300. The lowest BCUT2D eigenvalue weighted by atomic mass is 10.1. The molecule has 112 valence electrons. The standard InChI is InChI=1S/C16H16F3NO/c1-10(20)4-12-7-13(17)2-3-16(12)21-9-11-5-14(18)8-15(19)6-11/h2-3,5-8,10H,4,9,20H2,1H3. The Kier molecular flexibility index (Phi) is 4.85. The van der Waals surface area contributed by atoms with E-state index in [0.717, 1.165) is 6.07 Å². The van der Waals surface area contributed by atoms with Gasteiger partial charge in [0.1, 0.15) is 29.8 Å². The summed E-state index contributed by atoms with van der Waals surface area (Å²) in [5, 5.41) is 0. The van der Waals surface area contributed by atoms with Gasteiger partial charge in [0, 0.05) is 12.1 Å². The Balaban J connectivity index is 2.15. The Morgan fingerprint density at radius 2 is 1.67 bits per heavy atom. The monoisotopic (exact) mass is 295 g/mol. The van der Waals surface area contributed by atoms with Crippen LogP contribution in [0.25, 0.3) is 0 Å². The minimum Gasteiger partial charge on any atom is -0.489 e. The van der Waals surface area contributed by atoms with Crippen molar-refractivity contribution in [2.45, 2.75) is 26.0 Å². The lowest BCUT2D eigenvalue weighted by Crippen LogP contribution is -2.18. The van der Waals surface area contributed by atoms with Crippen molar-refractivity contribution in [2.24, 2.45) is 5.73 Å². The predicted molar refractivity (Wildman–Crippen MR) is 74.4 cm³/mol. The highest BCUT2D eigenvalue weighted by molar-refractivity contribution is 5.35. The third-order valence-corrected chi connectivity index (χ3v) is 2.88. The van der Waals surface area contributed by atoms with Gasteiger partial charge in [-0.15, -0.1) is 0 Å². The molecule has 0 saturated heterocycles. The minimum absolute atomic E-state index is 0.00767. The highest BCUT2D eigenvalue weighted by atomic mass is 19.1. The SMILES string of the molecule is CC(N)Cc1cc(F)ccc1OCc1cc(F)cc(F)c1. The van der Waals surface area contributed by atoms with E-state index in [1.807, 2.05) is 0 Å².